The lowest BCUT2D eigenvalue weighted by atomic mass is 10.2. The zero-order chi connectivity index (χ0) is 17.4. The van der Waals surface area contributed by atoms with E-state index in [2.05, 4.69) is 10.5 Å². The maximum Gasteiger partial charge on any atom is 0.277 e. The highest BCUT2D eigenvalue weighted by Gasteiger charge is 2.04. The topological polar surface area (TPSA) is 69.2 Å². The third-order valence-corrected chi connectivity index (χ3v) is 3.26. The molecule has 2 rings (SSSR count). The smallest absolute Gasteiger partial charge is 0.277 e. The number of benzene rings is 2. The average molecular weight is 328 g/mol. The van der Waals surface area contributed by atoms with Crippen LogP contribution in [0.15, 0.2) is 47.6 Å². The lowest BCUT2D eigenvalue weighted by Gasteiger charge is -2.08. The maximum atomic E-state index is 11.7. The minimum atomic E-state index is -0.338. The Labute approximate surface area is 141 Å². The molecule has 6 nitrogen and oxygen atoms in total. The van der Waals surface area contributed by atoms with E-state index in [9.17, 15) is 4.79 Å². The van der Waals surface area contributed by atoms with Crippen LogP contribution < -0.4 is 19.6 Å². The van der Waals surface area contributed by atoms with Gasteiger partial charge in [-0.25, -0.2) is 5.43 Å². The SMILES string of the molecule is COc1ccc(/C=N\NC(=O)COc2ccccc2C)cc1OC. The molecule has 0 fully saturated rings. The molecule has 0 aromatic heterocycles. The molecule has 0 spiro atoms. The summed E-state index contributed by atoms with van der Waals surface area (Å²) in [6.07, 6.45) is 1.52. The van der Waals surface area contributed by atoms with Crippen molar-refractivity contribution in [2.24, 2.45) is 5.10 Å². The van der Waals surface area contributed by atoms with Crippen LogP contribution in [0.5, 0.6) is 17.2 Å². The van der Waals surface area contributed by atoms with Crippen LogP contribution in [-0.2, 0) is 4.79 Å². The van der Waals surface area contributed by atoms with E-state index in [1.807, 2.05) is 31.2 Å². The minimum Gasteiger partial charge on any atom is -0.493 e. The number of hydrogen-bond donors (Lipinski definition) is 1. The lowest BCUT2D eigenvalue weighted by molar-refractivity contribution is -0.123. The quantitative estimate of drug-likeness (QED) is 0.626. The predicted octanol–water partition coefficient (Wildman–Crippen LogP) is 2.54. The zero-order valence-corrected chi connectivity index (χ0v) is 13.9. The Morgan fingerprint density at radius 2 is 1.83 bits per heavy atom. The van der Waals surface area contributed by atoms with E-state index in [1.54, 1.807) is 32.4 Å². The molecule has 0 radical (unpaired) electrons. The standard InChI is InChI=1S/C18H20N2O4/c1-13-6-4-5-7-15(13)24-12-18(21)20-19-11-14-8-9-16(22-2)17(10-14)23-3/h4-11H,12H2,1-3H3,(H,20,21)/b19-11-. The number of nitrogens with zero attached hydrogens (tertiary/aromatic N) is 1. The molecule has 0 unspecified atom stereocenters. The highest BCUT2D eigenvalue weighted by atomic mass is 16.5. The van der Waals surface area contributed by atoms with Crippen LogP contribution in [0.4, 0.5) is 0 Å². The maximum absolute atomic E-state index is 11.7. The van der Waals surface area contributed by atoms with Crippen molar-refractivity contribution >= 4 is 12.1 Å². The zero-order valence-electron chi connectivity index (χ0n) is 13.9. The molecule has 6 heteroatoms. The van der Waals surface area contributed by atoms with Gasteiger partial charge in [-0.3, -0.25) is 4.79 Å². The molecule has 0 aliphatic heterocycles. The summed E-state index contributed by atoms with van der Waals surface area (Å²) in [7, 11) is 3.13. The number of carbonyl (C=O) groups is 1. The first kappa shape index (κ1) is 17.3. The van der Waals surface area contributed by atoms with Gasteiger partial charge in [0.05, 0.1) is 20.4 Å². The van der Waals surface area contributed by atoms with Crippen molar-refractivity contribution in [1.29, 1.82) is 0 Å². The molecule has 0 bridgehead atoms. The first-order valence-electron chi connectivity index (χ1n) is 7.36. The first-order chi connectivity index (χ1) is 11.6. The molecule has 24 heavy (non-hydrogen) atoms. The third kappa shape index (κ3) is 4.74. The van der Waals surface area contributed by atoms with Gasteiger partial charge in [-0.15, -0.1) is 0 Å². The van der Waals surface area contributed by atoms with Gasteiger partial charge in [0.15, 0.2) is 18.1 Å². The summed E-state index contributed by atoms with van der Waals surface area (Å²) in [5.41, 5.74) is 4.16. The summed E-state index contributed by atoms with van der Waals surface area (Å²) in [4.78, 5) is 11.7. The van der Waals surface area contributed by atoms with Gasteiger partial charge in [-0.05, 0) is 42.3 Å². The van der Waals surface area contributed by atoms with Crippen LogP contribution in [0.1, 0.15) is 11.1 Å². The van der Waals surface area contributed by atoms with Gasteiger partial charge in [0.1, 0.15) is 5.75 Å². The number of methoxy groups -OCH3 is 2. The number of aryl methyl sites for hydroxylation is 1. The van der Waals surface area contributed by atoms with Gasteiger partial charge in [0, 0.05) is 0 Å². The molecule has 0 heterocycles. The molecule has 126 valence electrons. The Balaban J connectivity index is 1.87. The van der Waals surface area contributed by atoms with Gasteiger partial charge in [-0.2, -0.15) is 5.10 Å². The van der Waals surface area contributed by atoms with E-state index in [1.165, 1.54) is 6.21 Å². The molecular weight excluding hydrogens is 308 g/mol. The molecule has 0 aliphatic rings. The Morgan fingerprint density at radius 3 is 2.54 bits per heavy atom. The Bertz CT molecular complexity index is 729. The van der Waals surface area contributed by atoms with Crippen LogP contribution in [0.25, 0.3) is 0 Å². The summed E-state index contributed by atoms with van der Waals surface area (Å²) in [5, 5.41) is 3.91. The van der Waals surface area contributed by atoms with Crippen molar-refractivity contribution in [3.05, 3.63) is 53.6 Å². The fourth-order valence-corrected chi connectivity index (χ4v) is 2.01. The van der Waals surface area contributed by atoms with E-state index in [-0.39, 0.29) is 12.5 Å². The fourth-order valence-electron chi connectivity index (χ4n) is 2.01. The van der Waals surface area contributed by atoms with Crippen molar-refractivity contribution in [2.45, 2.75) is 6.92 Å². The predicted molar refractivity (Wildman–Crippen MR) is 92.0 cm³/mol. The molecule has 2 aromatic rings. The number of hydrogen-bond acceptors (Lipinski definition) is 5. The van der Waals surface area contributed by atoms with Gasteiger partial charge < -0.3 is 14.2 Å². The van der Waals surface area contributed by atoms with Crippen molar-refractivity contribution < 1.29 is 19.0 Å². The number of rotatable bonds is 7. The van der Waals surface area contributed by atoms with Crippen LogP contribution in [-0.4, -0.2) is 32.9 Å². The highest BCUT2D eigenvalue weighted by molar-refractivity contribution is 5.83. The summed E-state index contributed by atoms with van der Waals surface area (Å²) in [6.45, 7) is 1.82. The van der Waals surface area contributed by atoms with E-state index in [0.717, 1.165) is 11.1 Å². The number of para-hydroxylation sites is 1. The number of ether oxygens (including phenoxy) is 3. The molecule has 0 saturated heterocycles. The molecule has 1 N–H and O–H groups in total. The summed E-state index contributed by atoms with van der Waals surface area (Å²) >= 11 is 0. The number of amides is 1. The molecule has 0 aliphatic carbocycles. The number of nitrogens with one attached hydrogen (secondary N) is 1. The van der Waals surface area contributed by atoms with Crippen LogP contribution >= 0.6 is 0 Å². The van der Waals surface area contributed by atoms with Crippen molar-refractivity contribution in [2.75, 3.05) is 20.8 Å². The van der Waals surface area contributed by atoms with E-state index in [4.69, 9.17) is 14.2 Å². The highest BCUT2D eigenvalue weighted by Crippen LogP contribution is 2.26. The van der Waals surface area contributed by atoms with Crippen LogP contribution in [0, 0.1) is 6.92 Å². The summed E-state index contributed by atoms with van der Waals surface area (Å²) in [5.74, 6) is 1.56. The molecule has 0 atom stereocenters. The Kier molecular flexibility index (Phi) is 6.19. The van der Waals surface area contributed by atoms with Crippen LogP contribution in [0.3, 0.4) is 0 Å². The fraction of sp³-hybridized carbons (Fsp3) is 0.222. The normalized spacial score (nSPS) is 10.5. The number of hydrazone groups is 1. The van der Waals surface area contributed by atoms with Gasteiger partial charge in [0.2, 0.25) is 0 Å². The van der Waals surface area contributed by atoms with Gasteiger partial charge in [0.25, 0.3) is 5.91 Å². The number of carbonyl (C=O) groups excluding carboxylic acids is 1. The first-order valence-corrected chi connectivity index (χ1v) is 7.36. The lowest BCUT2D eigenvalue weighted by Crippen LogP contribution is -2.24. The van der Waals surface area contributed by atoms with E-state index >= 15 is 0 Å². The van der Waals surface area contributed by atoms with Crippen molar-refractivity contribution in [3.8, 4) is 17.2 Å². The Hall–Kier alpha value is -3.02. The second-order valence-electron chi connectivity index (χ2n) is 4.96. The molecular formula is C18H20N2O4. The van der Waals surface area contributed by atoms with Gasteiger partial charge in [-0.1, -0.05) is 18.2 Å². The second kappa shape index (κ2) is 8.57. The molecule has 1 amide bonds. The third-order valence-electron chi connectivity index (χ3n) is 3.26. The monoisotopic (exact) mass is 328 g/mol. The largest absolute Gasteiger partial charge is 0.493 e. The van der Waals surface area contributed by atoms with Crippen LogP contribution in [0.2, 0.25) is 0 Å². The van der Waals surface area contributed by atoms with E-state index in [0.29, 0.717) is 17.2 Å². The van der Waals surface area contributed by atoms with E-state index < -0.39 is 0 Å². The summed E-state index contributed by atoms with van der Waals surface area (Å²) < 4.78 is 15.8. The average Bonchev–Trinajstić information content (AvgIpc) is 2.61. The second-order valence-corrected chi connectivity index (χ2v) is 4.96. The molecule has 0 saturated carbocycles. The summed E-state index contributed by atoms with van der Waals surface area (Å²) in [6, 6.07) is 12.8. The van der Waals surface area contributed by atoms with Crippen molar-refractivity contribution in [3.63, 3.8) is 0 Å². The van der Waals surface area contributed by atoms with Gasteiger partial charge >= 0.3 is 0 Å². The Morgan fingerprint density at radius 1 is 1.08 bits per heavy atom. The van der Waals surface area contributed by atoms with Crippen molar-refractivity contribution in [1.82, 2.24) is 5.43 Å². The minimum absolute atomic E-state index is 0.103. The molecule has 2 aromatic carbocycles.